The van der Waals surface area contributed by atoms with Crippen molar-refractivity contribution in [2.24, 2.45) is 10.8 Å². The predicted molar refractivity (Wildman–Crippen MR) is 109 cm³/mol. The minimum absolute atomic E-state index is 0.0364. The monoisotopic (exact) mass is 395 g/mol. The zero-order chi connectivity index (χ0) is 19.4. The van der Waals surface area contributed by atoms with Crippen molar-refractivity contribution in [3.05, 3.63) is 24.3 Å². The Labute approximate surface area is 161 Å². The molecule has 2 unspecified atom stereocenters. The van der Waals surface area contributed by atoms with E-state index >= 15 is 0 Å². The summed E-state index contributed by atoms with van der Waals surface area (Å²) in [5.74, 6) is 0.884. The maximum atomic E-state index is 11.4. The highest BCUT2D eigenvalue weighted by molar-refractivity contribution is 8.24. The lowest BCUT2D eigenvalue weighted by Gasteiger charge is -2.42. The highest BCUT2D eigenvalue weighted by Gasteiger charge is 2.58. The summed E-state index contributed by atoms with van der Waals surface area (Å²) in [5, 5.41) is 9.34. The fourth-order valence-corrected chi connectivity index (χ4v) is 6.07. The van der Waals surface area contributed by atoms with Gasteiger partial charge in [0.05, 0.1) is 11.5 Å². The topological polar surface area (TPSA) is 87.5 Å². The van der Waals surface area contributed by atoms with E-state index in [1.165, 1.54) is 5.69 Å². The van der Waals surface area contributed by atoms with Gasteiger partial charge in [0.1, 0.15) is 0 Å². The number of nitrogens with zero attached hydrogens (tertiary/aromatic N) is 3. The van der Waals surface area contributed by atoms with Gasteiger partial charge in [-0.15, -0.1) is 0 Å². The molecular formula is C19H29N3O4S. The lowest BCUT2D eigenvalue weighted by atomic mass is 9.71. The lowest BCUT2D eigenvalue weighted by molar-refractivity contribution is 0.149. The van der Waals surface area contributed by atoms with Gasteiger partial charge < -0.3 is 19.8 Å². The van der Waals surface area contributed by atoms with Crippen molar-refractivity contribution in [3.8, 4) is 0 Å². The van der Waals surface area contributed by atoms with Crippen LogP contribution >= 0.6 is 10.6 Å². The van der Waals surface area contributed by atoms with E-state index in [-0.39, 0.29) is 10.8 Å². The molecule has 0 saturated carbocycles. The van der Waals surface area contributed by atoms with Gasteiger partial charge in [-0.2, -0.15) is 10.6 Å². The van der Waals surface area contributed by atoms with Gasteiger partial charge in [0.2, 0.25) is 0 Å². The molecule has 4 rings (SSSR count). The zero-order valence-corrected chi connectivity index (χ0v) is 16.8. The number of benzene rings is 1. The third kappa shape index (κ3) is 3.23. The third-order valence-electron chi connectivity index (χ3n) is 6.84. The SMILES string of the molecule is CC12CN(C(=O)O)CC1(C)CN(c1ccc(N3CCS(O)(O)CC3)cc1)C2. The summed E-state index contributed by atoms with van der Waals surface area (Å²) in [5.41, 5.74) is 2.21. The molecule has 7 nitrogen and oxygen atoms in total. The highest BCUT2D eigenvalue weighted by Crippen LogP contribution is 2.52. The summed E-state index contributed by atoms with van der Waals surface area (Å²) >= 11 is 0. The number of fused-ring (bicyclic) bond motifs is 1. The minimum atomic E-state index is -2.37. The summed E-state index contributed by atoms with van der Waals surface area (Å²) in [6.45, 7) is 8.65. The van der Waals surface area contributed by atoms with E-state index in [2.05, 4.69) is 47.9 Å². The van der Waals surface area contributed by atoms with Crippen LogP contribution < -0.4 is 9.80 Å². The van der Waals surface area contributed by atoms with Gasteiger partial charge in [0.15, 0.2) is 0 Å². The second kappa shape index (κ2) is 6.18. The van der Waals surface area contributed by atoms with Crippen molar-refractivity contribution in [2.45, 2.75) is 13.8 Å². The fraction of sp³-hybridized carbons (Fsp3) is 0.632. The molecule has 0 bridgehead atoms. The molecule has 27 heavy (non-hydrogen) atoms. The van der Waals surface area contributed by atoms with Gasteiger partial charge in [-0.05, 0) is 24.3 Å². The number of hydrogen-bond donors (Lipinski definition) is 3. The molecule has 3 saturated heterocycles. The van der Waals surface area contributed by atoms with Gasteiger partial charge in [-0.25, -0.2) is 4.79 Å². The first kappa shape index (κ1) is 18.7. The number of rotatable bonds is 2. The molecule has 1 aromatic carbocycles. The van der Waals surface area contributed by atoms with E-state index in [1.54, 1.807) is 4.90 Å². The van der Waals surface area contributed by atoms with Gasteiger partial charge in [-0.3, -0.25) is 9.11 Å². The smallest absolute Gasteiger partial charge is 0.407 e. The molecule has 150 valence electrons. The van der Waals surface area contributed by atoms with Crippen molar-refractivity contribution in [1.29, 1.82) is 0 Å². The van der Waals surface area contributed by atoms with E-state index in [4.69, 9.17) is 0 Å². The van der Waals surface area contributed by atoms with E-state index in [0.717, 1.165) is 18.8 Å². The number of carboxylic acid groups (broad SMARTS) is 1. The normalized spacial score (nSPS) is 33.9. The molecule has 3 heterocycles. The highest BCUT2D eigenvalue weighted by atomic mass is 32.3. The van der Waals surface area contributed by atoms with Crippen LogP contribution in [0.25, 0.3) is 0 Å². The van der Waals surface area contributed by atoms with Gasteiger partial charge in [0, 0.05) is 61.5 Å². The van der Waals surface area contributed by atoms with Crippen LogP contribution in [0.1, 0.15) is 13.8 Å². The largest absolute Gasteiger partial charge is 0.465 e. The summed E-state index contributed by atoms with van der Waals surface area (Å²) < 4.78 is 19.5. The number of carbonyl (C=O) groups is 1. The average Bonchev–Trinajstić information content (AvgIpc) is 3.00. The van der Waals surface area contributed by atoms with Crippen LogP contribution in [-0.4, -0.2) is 76.0 Å². The zero-order valence-electron chi connectivity index (χ0n) is 16.0. The third-order valence-corrected chi connectivity index (χ3v) is 8.52. The Hall–Kier alpha value is -1.64. The van der Waals surface area contributed by atoms with E-state index in [1.807, 2.05) is 0 Å². The van der Waals surface area contributed by atoms with Crippen LogP contribution in [0.2, 0.25) is 0 Å². The minimum Gasteiger partial charge on any atom is -0.465 e. The van der Waals surface area contributed by atoms with Crippen LogP contribution in [-0.2, 0) is 0 Å². The van der Waals surface area contributed by atoms with Crippen molar-refractivity contribution in [2.75, 3.05) is 60.6 Å². The number of amides is 1. The van der Waals surface area contributed by atoms with Gasteiger partial charge in [0.25, 0.3) is 0 Å². The molecule has 3 N–H and O–H groups in total. The fourth-order valence-electron chi connectivity index (χ4n) is 4.84. The number of likely N-dealkylation sites (tertiary alicyclic amines) is 1. The summed E-state index contributed by atoms with van der Waals surface area (Å²) in [6.07, 6.45) is -0.819. The average molecular weight is 396 g/mol. The lowest BCUT2D eigenvalue weighted by Crippen LogP contribution is -2.38. The Kier molecular flexibility index (Phi) is 4.29. The van der Waals surface area contributed by atoms with E-state index < -0.39 is 16.7 Å². The number of anilines is 2. The van der Waals surface area contributed by atoms with E-state index in [9.17, 15) is 19.0 Å². The van der Waals surface area contributed by atoms with Crippen LogP contribution in [0.4, 0.5) is 16.2 Å². The Bertz CT molecular complexity index is 713. The molecule has 8 heteroatoms. The molecule has 0 aromatic heterocycles. The Morgan fingerprint density at radius 3 is 1.78 bits per heavy atom. The first-order chi connectivity index (χ1) is 12.6. The summed E-state index contributed by atoms with van der Waals surface area (Å²) in [7, 11) is -2.37. The Morgan fingerprint density at radius 2 is 1.33 bits per heavy atom. The number of hydrogen-bond acceptors (Lipinski definition) is 5. The molecule has 0 spiro atoms. The molecule has 2 atom stereocenters. The Morgan fingerprint density at radius 1 is 0.889 bits per heavy atom. The van der Waals surface area contributed by atoms with Crippen molar-refractivity contribution < 1.29 is 19.0 Å². The van der Waals surface area contributed by atoms with Crippen molar-refractivity contribution in [3.63, 3.8) is 0 Å². The maximum Gasteiger partial charge on any atom is 0.407 e. The molecule has 3 aliphatic rings. The molecule has 1 aromatic rings. The molecule has 3 aliphatic heterocycles. The molecule has 1 amide bonds. The van der Waals surface area contributed by atoms with Crippen LogP contribution in [0.5, 0.6) is 0 Å². The maximum absolute atomic E-state index is 11.4. The molecule has 0 aliphatic carbocycles. The van der Waals surface area contributed by atoms with E-state index in [0.29, 0.717) is 37.7 Å². The predicted octanol–water partition coefficient (Wildman–Crippen LogP) is 3.08. The van der Waals surface area contributed by atoms with Crippen molar-refractivity contribution >= 4 is 28.1 Å². The van der Waals surface area contributed by atoms with Gasteiger partial charge >= 0.3 is 6.09 Å². The van der Waals surface area contributed by atoms with Crippen LogP contribution in [0.15, 0.2) is 24.3 Å². The van der Waals surface area contributed by atoms with Gasteiger partial charge in [-0.1, -0.05) is 13.8 Å². The quantitative estimate of drug-likeness (QED) is 0.713. The summed E-state index contributed by atoms with van der Waals surface area (Å²) in [6, 6.07) is 8.47. The summed E-state index contributed by atoms with van der Waals surface area (Å²) in [4.78, 5) is 17.5. The van der Waals surface area contributed by atoms with Crippen LogP contribution in [0, 0.1) is 10.8 Å². The molecule has 3 fully saturated rings. The van der Waals surface area contributed by atoms with Crippen molar-refractivity contribution in [1.82, 2.24) is 4.90 Å². The molecule has 0 radical (unpaired) electrons. The second-order valence-corrected chi connectivity index (χ2v) is 11.3. The van der Waals surface area contributed by atoms with Crippen LogP contribution in [0.3, 0.4) is 0 Å². The second-order valence-electron chi connectivity index (χ2n) is 8.83. The first-order valence-electron chi connectivity index (χ1n) is 9.42. The standard InChI is InChI=1S/C19H29N3O4S/c1-18-11-21(12-19(18,2)14-22(13-18)17(23)24)16-5-3-15(4-6-16)20-7-9-27(25,26)10-8-20/h3-6,25-26H,7-14H2,1-2H3,(H,23,24). The molecular weight excluding hydrogens is 366 g/mol. The first-order valence-corrected chi connectivity index (χ1v) is 11.3. The Balaban J connectivity index is 1.45.